The van der Waals surface area contributed by atoms with Crippen LogP contribution in [0.1, 0.15) is 122 Å². The molecule has 24 heavy (non-hydrogen) atoms. The molecular weight excluding hydrogens is 294 g/mol. The zero-order chi connectivity index (χ0) is 17.7. The number of nitrogens with one attached hydrogen (secondary N) is 1. The molecule has 143 valence electrons. The van der Waals surface area contributed by atoms with Crippen molar-refractivity contribution in [1.82, 2.24) is 5.32 Å². The first-order valence-corrected chi connectivity index (χ1v) is 10.9. The van der Waals surface area contributed by atoms with Crippen LogP contribution in [0.4, 0.5) is 0 Å². The van der Waals surface area contributed by atoms with Crippen LogP contribution in [0.25, 0.3) is 0 Å². The summed E-state index contributed by atoms with van der Waals surface area (Å²) in [7, 11) is 0. The van der Waals surface area contributed by atoms with E-state index >= 15 is 0 Å². The molecule has 2 nitrogen and oxygen atoms in total. The van der Waals surface area contributed by atoms with Gasteiger partial charge >= 0.3 is 0 Å². The van der Waals surface area contributed by atoms with Crippen LogP contribution in [-0.4, -0.2) is 12.5 Å². The molecule has 0 aromatic heterocycles. The van der Waals surface area contributed by atoms with Gasteiger partial charge in [-0.25, -0.2) is 0 Å². The Hall–Kier alpha value is -0.530. The third-order valence-corrected chi connectivity index (χ3v) is 4.76. The van der Waals surface area contributed by atoms with Gasteiger partial charge in [-0.1, -0.05) is 110 Å². The van der Waals surface area contributed by atoms with Crippen molar-refractivity contribution in [1.29, 1.82) is 0 Å². The second-order valence-electron chi connectivity index (χ2n) is 7.26. The fourth-order valence-electron chi connectivity index (χ4n) is 3.15. The lowest BCUT2D eigenvalue weighted by atomic mass is 10.0. The lowest BCUT2D eigenvalue weighted by Crippen LogP contribution is -2.23. The van der Waals surface area contributed by atoms with Crippen LogP contribution in [0, 0.1) is 6.92 Å². The number of unbranched alkanes of at least 4 members (excludes halogenated alkanes) is 15. The van der Waals surface area contributed by atoms with Crippen LogP contribution in [-0.2, 0) is 4.79 Å². The van der Waals surface area contributed by atoms with Crippen molar-refractivity contribution in [3.63, 3.8) is 0 Å². The molecule has 0 aromatic rings. The van der Waals surface area contributed by atoms with E-state index in [1.54, 1.807) is 0 Å². The minimum atomic E-state index is 0.158. The Morgan fingerprint density at radius 2 is 1.04 bits per heavy atom. The molecule has 0 aliphatic rings. The van der Waals surface area contributed by atoms with E-state index in [9.17, 15) is 4.79 Å². The molecule has 0 atom stereocenters. The molecule has 0 unspecified atom stereocenters. The van der Waals surface area contributed by atoms with Gasteiger partial charge in [-0.15, -0.1) is 0 Å². The first-order valence-electron chi connectivity index (χ1n) is 10.9. The normalized spacial score (nSPS) is 10.9. The topological polar surface area (TPSA) is 29.1 Å². The van der Waals surface area contributed by atoms with Gasteiger partial charge in [0.15, 0.2) is 0 Å². The highest BCUT2D eigenvalue weighted by Gasteiger charge is 1.98. The van der Waals surface area contributed by atoms with Crippen molar-refractivity contribution in [3.05, 3.63) is 6.92 Å². The van der Waals surface area contributed by atoms with E-state index in [1.165, 1.54) is 96.3 Å². The highest BCUT2D eigenvalue weighted by atomic mass is 16.1. The molecule has 2 heteroatoms. The lowest BCUT2D eigenvalue weighted by Gasteiger charge is -2.05. The van der Waals surface area contributed by atoms with Gasteiger partial charge in [-0.2, -0.15) is 0 Å². The Labute approximate surface area is 152 Å². The SMILES string of the molecule is [CH2]CCC(=O)NCCCCCCCCCCCCCCCCCC. The summed E-state index contributed by atoms with van der Waals surface area (Å²) in [6, 6.07) is 0. The number of carbonyl (C=O) groups is 1. The van der Waals surface area contributed by atoms with Crippen LogP contribution in [0.15, 0.2) is 0 Å². The third-order valence-electron chi connectivity index (χ3n) is 4.76. The maximum absolute atomic E-state index is 11.3. The number of amides is 1. The fraction of sp³-hybridized carbons (Fsp3) is 0.909. The standard InChI is InChI=1S/C22H44NO/c1-3-5-6-7-8-9-10-11-12-13-14-15-16-17-18-19-21-23-22(24)20-4-2/h2-21H2,1H3,(H,23,24). The molecule has 0 heterocycles. The second-order valence-corrected chi connectivity index (χ2v) is 7.26. The summed E-state index contributed by atoms with van der Waals surface area (Å²) in [6.07, 6.45) is 23.5. The van der Waals surface area contributed by atoms with E-state index in [1.807, 2.05) is 0 Å². The van der Waals surface area contributed by atoms with Crippen molar-refractivity contribution < 1.29 is 4.79 Å². The van der Waals surface area contributed by atoms with Gasteiger partial charge < -0.3 is 5.32 Å². The van der Waals surface area contributed by atoms with E-state index < -0.39 is 0 Å². The maximum atomic E-state index is 11.3. The minimum Gasteiger partial charge on any atom is -0.356 e. The van der Waals surface area contributed by atoms with E-state index in [0.29, 0.717) is 12.8 Å². The summed E-state index contributed by atoms with van der Waals surface area (Å²) in [5.74, 6) is 0.158. The Morgan fingerprint density at radius 3 is 1.42 bits per heavy atom. The first kappa shape index (κ1) is 23.5. The molecular formula is C22H44NO. The number of hydrogen-bond acceptors (Lipinski definition) is 1. The zero-order valence-corrected chi connectivity index (χ0v) is 16.6. The molecule has 1 N–H and O–H groups in total. The minimum absolute atomic E-state index is 0.158. The number of rotatable bonds is 19. The van der Waals surface area contributed by atoms with Crippen molar-refractivity contribution in [2.24, 2.45) is 0 Å². The number of hydrogen-bond donors (Lipinski definition) is 1. The lowest BCUT2D eigenvalue weighted by molar-refractivity contribution is -0.121. The van der Waals surface area contributed by atoms with E-state index in [-0.39, 0.29) is 5.91 Å². The van der Waals surface area contributed by atoms with E-state index in [2.05, 4.69) is 19.2 Å². The van der Waals surface area contributed by atoms with E-state index in [0.717, 1.165) is 13.0 Å². The van der Waals surface area contributed by atoms with Gasteiger partial charge in [0.05, 0.1) is 0 Å². The van der Waals surface area contributed by atoms with Gasteiger partial charge in [-0.3, -0.25) is 4.79 Å². The molecule has 0 spiro atoms. The second kappa shape index (κ2) is 20.5. The van der Waals surface area contributed by atoms with Gasteiger partial charge in [-0.05, 0) is 12.8 Å². The monoisotopic (exact) mass is 338 g/mol. The van der Waals surface area contributed by atoms with E-state index in [4.69, 9.17) is 0 Å². The summed E-state index contributed by atoms with van der Waals surface area (Å²) in [4.78, 5) is 11.3. The summed E-state index contributed by atoms with van der Waals surface area (Å²) in [5, 5.41) is 2.95. The van der Waals surface area contributed by atoms with Gasteiger partial charge in [0.25, 0.3) is 0 Å². The average molecular weight is 339 g/mol. The molecule has 0 saturated carbocycles. The Bertz CT molecular complexity index is 252. The van der Waals surface area contributed by atoms with Crippen LogP contribution < -0.4 is 5.32 Å². The largest absolute Gasteiger partial charge is 0.356 e. The molecule has 1 amide bonds. The Balaban J connectivity index is 3.01. The molecule has 0 aliphatic heterocycles. The fourth-order valence-corrected chi connectivity index (χ4v) is 3.15. The smallest absolute Gasteiger partial charge is 0.219 e. The van der Waals surface area contributed by atoms with Crippen LogP contribution in [0.2, 0.25) is 0 Å². The quantitative estimate of drug-likeness (QED) is 0.253. The van der Waals surface area contributed by atoms with Crippen molar-refractivity contribution in [3.8, 4) is 0 Å². The van der Waals surface area contributed by atoms with Gasteiger partial charge in [0.2, 0.25) is 5.91 Å². The highest BCUT2D eigenvalue weighted by Crippen LogP contribution is 2.13. The molecule has 0 fully saturated rings. The Kier molecular flexibility index (Phi) is 20.1. The molecule has 0 aromatic carbocycles. The number of carbonyl (C=O) groups excluding carboxylic acids is 1. The van der Waals surface area contributed by atoms with Crippen LogP contribution in [0.3, 0.4) is 0 Å². The molecule has 0 aliphatic carbocycles. The third kappa shape index (κ3) is 19.5. The summed E-state index contributed by atoms with van der Waals surface area (Å²) in [6.45, 7) is 6.82. The van der Waals surface area contributed by atoms with Crippen molar-refractivity contribution in [2.45, 2.75) is 122 Å². The molecule has 1 radical (unpaired) electrons. The predicted octanol–water partition coefficient (Wildman–Crippen LogP) is 6.98. The predicted molar refractivity (Wildman–Crippen MR) is 107 cm³/mol. The molecule has 0 bridgehead atoms. The zero-order valence-electron chi connectivity index (χ0n) is 16.6. The van der Waals surface area contributed by atoms with Gasteiger partial charge in [0.1, 0.15) is 0 Å². The van der Waals surface area contributed by atoms with Gasteiger partial charge in [0, 0.05) is 13.0 Å². The van der Waals surface area contributed by atoms with Crippen LogP contribution >= 0.6 is 0 Å². The van der Waals surface area contributed by atoms with Crippen molar-refractivity contribution in [2.75, 3.05) is 6.54 Å². The summed E-state index contributed by atoms with van der Waals surface area (Å²) in [5.41, 5.74) is 0. The summed E-state index contributed by atoms with van der Waals surface area (Å²) < 4.78 is 0. The highest BCUT2D eigenvalue weighted by molar-refractivity contribution is 5.75. The average Bonchev–Trinajstić information content (AvgIpc) is 2.58. The Morgan fingerprint density at radius 1 is 0.667 bits per heavy atom. The van der Waals surface area contributed by atoms with Crippen molar-refractivity contribution >= 4 is 5.91 Å². The first-order chi connectivity index (χ1) is 11.8. The maximum Gasteiger partial charge on any atom is 0.219 e. The summed E-state index contributed by atoms with van der Waals surface area (Å²) >= 11 is 0. The molecule has 0 rings (SSSR count). The molecule has 0 saturated heterocycles. The van der Waals surface area contributed by atoms with Crippen LogP contribution in [0.5, 0.6) is 0 Å².